The molecule has 1 aromatic heterocycles. The first kappa shape index (κ1) is 25.0. The van der Waals surface area contributed by atoms with Gasteiger partial charge in [0, 0.05) is 17.8 Å². The van der Waals surface area contributed by atoms with Crippen LogP contribution in [0, 0.1) is 13.8 Å². The highest BCUT2D eigenvalue weighted by atomic mass is 32.2. The zero-order valence-electron chi connectivity index (χ0n) is 19.8. The molecule has 0 aliphatic carbocycles. The predicted octanol–water partition coefficient (Wildman–Crippen LogP) is 4.31. The maximum atomic E-state index is 12.7. The Morgan fingerprint density at radius 1 is 1.18 bits per heavy atom. The fourth-order valence-electron chi connectivity index (χ4n) is 3.32. The molecule has 3 aromatic rings. The lowest BCUT2D eigenvalue weighted by atomic mass is 10.1. The van der Waals surface area contributed by atoms with Crippen LogP contribution in [0.1, 0.15) is 40.3 Å². The summed E-state index contributed by atoms with van der Waals surface area (Å²) < 4.78 is 6.98. The second kappa shape index (κ2) is 11.5. The number of hydrogen-bond donors (Lipinski definition) is 2. The average Bonchev–Trinajstić information content (AvgIpc) is 3.23. The number of hydrogen-bond acceptors (Lipinski definition) is 6. The van der Waals surface area contributed by atoms with Crippen LogP contribution in [-0.4, -0.2) is 39.4 Å². The van der Waals surface area contributed by atoms with E-state index in [0.29, 0.717) is 28.8 Å². The number of anilines is 1. The van der Waals surface area contributed by atoms with Crippen molar-refractivity contribution in [3.05, 3.63) is 77.6 Å². The fraction of sp³-hybridized carbons (Fsp3) is 0.280. The number of carbonyl (C=O) groups is 2. The number of methoxy groups -OCH3 is 1. The van der Waals surface area contributed by atoms with E-state index >= 15 is 0 Å². The molecule has 0 aliphatic rings. The molecule has 1 atom stereocenters. The summed E-state index contributed by atoms with van der Waals surface area (Å²) in [4.78, 5) is 25.2. The zero-order valence-corrected chi connectivity index (χ0v) is 20.6. The highest BCUT2D eigenvalue weighted by molar-refractivity contribution is 7.99. The Bertz CT molecular complexity index is 1170. The van der Waals surface area contributed by atoms with Gasteiger partial charge in [0.05, 0.1) is 18.9 Å². The van der Waals surface area contributed by atoms with Crippen LogP contribution in [0.15, 0.2) is 60.3 Å². The number of rotatable bonds is 10. The summed E-state index contributed by atoms with van der Waals surface area (Å²) in [5, 5.41) is 15.0. The Balaban J connectivity index is 1.66. The van der Waals surface area contributed by atoms with Crippen molar-refractivity contribution in [2.45, 2.75) is 38.5 Å². The van der Waals surface area contributed by atoms with Gasteiger partial charge in [-0.2, -0.15) is 0 Å². The summed E-state index contributed by atoms with van der Waals surface area (Å²) in [6.45, 7) is 10.1. The van der Waals surface area contributed by atoms with E-state index in [2.05, 4.69) is 27.4 Å². The van der Waals surface area contributed by atoms with E-state index in [-0.39, 0.29) is 17.6 Å². The largest absolute Gasteiger partial charge is 0.497 e. The van der Waals surface area contributed by atoms with Crippen LogP contribution in [0.5, 0.6) is 5.75 Å². The van der Waals surface area contributed by atoms with Crippen LogP contribution < -0.4 is 15.4 Å². The van der Waals surface area contributed by atoms with Crippen LogP contribution in [0.4, 0.5) is 5.69 Å². The van der Waals surface area contributed by atoms with Gasteiger partial charge in [0.15, 0.2) is 11.0 Å². The maximum Gasteiger partial charge on any atom is 0.251 e. The van der Waals surface area contributed by atoms with Gasteiger partial charge in [-0.25, -0.2) is 0 Å². The molecule has 0 bridgehead atoms. The highest BCUT2D eigenvalue weighted by Crippen LogP contribution is 2.23. The molecular weight excluding hydrogens is 450 g/mol. The van der Waals surface area contributed by atoms with Gasteiger partial charge in [-0.1, -0.05) is 30.0 Å². The van der Waals surface area contributed by atoms with Crippen molar-refractivity contribution in [1.82, 2.24) is 20.1 Å². The molecule has 2 amide bonds. The number of ether oxygens (including phenoxy) is 1. The molecule has 9 heteroatoms. The fourth-order valence-corrected chi connectivity index (χ4v) is 4.07. The number of aryl methyl sites for hydroxylation is 1. The summed E-state index contributed by atoms with van der Waals surface area (Å²) in [5.41, 5.74) is 3.47. The van der Waals surface area contributed by atoms with E-state index in [9.17, 15) is 9.59 Å². The van der Waals surface area contributed by atoms with E-state index < -0.39 is 6.04 Å². The Hall–Kier alpha value is -3.59. The Kier molecular flexibility index (Phi) is 8.48. The second-order valence-corrected chi connectivity index (χ2v) is 8.69. The molecule has 0 radical (unpaired) electrons. The standard InChI is InChI=1S/C25H29N5O3S/c1-6-14-30-23(18(4)26-24(32)19-10-12-20(33-5)13-11-19)28-29-25(30)34-15-22(31)27-21-9-7-8-16(2)17(21)3/h6-13,18H,1,14-15H2,2-5H3,(H,26,32)(H,27,31)/t18-/m1/s1. The number of amides is 2. The van der Waals surface area contributed by atoms with Crippen molar-refractivity contribution in [2.24, 2.45) is 0 Å². The molecule has 0 fully saturated rings. The number of benzene rings is 2. The maximum absolute atomic E-state index is 12.7. The minimum Gasteiger partial charge on any atom is -0.497 e. The summed E-state index contributed by atoms with van der Waals surface area (Å²) in [6.07, 6.45) is 1.73. The van der Waals surface area contributed by atoms with Crippen molar-refractivity contribution >= 4 is 29.3 Å². The third-order valence-electron chi connectivity index (χ3n) is 5.36. The van der Waals surface area contributed by atoms with Crippen LogP contribution in [0.3, 0.4) is 0 Å². The Morgan fingerprint density at radius 3 is 2.59 bits per heavy atom. The van der Waals surface area contributed by atoms with Crippen LogP contribution >= 0.6 is 11.8 Å². The summed E-state index contributed by atoms with van der Waals surface area (Å²) >= 11 is 1.28. The first-order valence-corrected chi connectivity index (χ1v) is 11.8. The predicted molar refractivity (Wildman–Crippen MR) is 134 cm³/mol. The highest BCUT2D eigenvalue weighted by Gasteiger charge is 2.20. The van der Waals surface area contributed by atoms with E-state index in [1.807, 2.05) is 43.5 Å². The number of allylic oxidation sites excluding steroid dienone is 1. The second-order valence-electron chi connectivity index (χ2n) is 7.75. The van der Waals surface area contributed by atoms with Crippen molar-refractivity contribution in [3.63, 3.8) is 0 Å². The quantitative estimate of drug-likeness (QED) is 0.332. The third kappa shape index (κ3) is 6.05. The van der Waals surface area contributed by atoms with Crippen molar-refractivity contribution in [1.29, 1.82) is 0 Å². The smallest absolute Gasteiger partial charge is 0.251 e. The molecule has 34 heavy (non-hydrogen) atoms. The summed E-state index contributed by atoms with van der Waals surface area (Å²) in [7, 11) is 1.58. The Morgan fingerprint density at radius 2 is 1.91 bits per heavy atom. The number of aromatic nitrogens is 3. The minimum atomic E-state index is -0.403. The number of carbonyl (C=O) groups excluding carboxylic acids is 2. The monoisotopic (exact) mass is 479 g/mol. The molecule has 0 saturated carbocycles. The van der Waals surface area contributed by atoms with Gasteiger partial charge >= 0.3 is 0 Å². The summed E-state index contributed by atoms with van der Waals surface area (Å²) in [6, 6.07) is 12.3. The molecule has 0 saturated heterocycles. The molecule has 1 heterocycles. The van der Waals surface area contributed by atoms with Gasteiger partial charge in [-0.15, -0.1) is 16.8 Å². The van der Waals surface area contributed by atoms with Crippen LogP contribution in [0.25, 0.3) is 0 Å². The third-order valence-corrected chi connectivity index (χ3v) is 6.32. The van der Waals surface area contributed by atoms with Crippen LogP contribution in [0.2, 0.25) is 0 Å². The summed E-state index contributed by atoms with van der Waals surface area (Å²) in [5.74, 6) is 1.08. The van der Waals surface area contributed by atoms with Gasteiger partial charge < -0.3 is 19.9 Å². The molecule has 0 unspecified atom stereocenters. The molecule has 3 rings (SSSR count). The molecule has 178 valence electrons. The molecule has 2 aromatic carbocycles. The molecule has 2 N–H and O–H groups in total. The van der Waals surface area contributed by atoms with E-state index in [4.69, 9.17) is 4.74 Å². The zero-order chi connectivity index (χ0) is 24.7. The van der Waals surface area contributed by atoms with Crippen LogP contribution in [-0.2, 0) is 11.3 Å². The van der Waals surface area contributed by atoms with Gasteiger partial charge in [-0.05, 0) is 62.2 Å². The Labute approximate surface area is 203 Å². The number of thioether (sulfide) groups is 1. The minimum absolute atomic E-state index is 0.130. The first-order valence-electron chi connectivity index (χ1n) is 10.8. The van der Waals surface area contributed by atoms with Crippen molar-refractivity contribution in [3.8, 4) is 5.75 Å². The molecule has 8 nitrogen and oxygen atoms in total. The SMILES string of the molecule is C=CCn1c(SCC(=O)Nc2cccc(C)c2C)nnc1[C@@H](C)NC(=O)c1ccc(OC)cc1. The lowest BCUT2D eigenvalue weighted by Gasteiger charge is -2.15. The van der Waals surface area contributed by atoms with E-state index in [1.165, 1.54) is 11.8 Å². The van der Waals surface area contributed by atoms with Crippen molar-refractivity contribution in [2.75, 3.05) is 18.2 Å². The normalized spacial score (nSPS) is 11.5. The topological polar surface area (TPSA) is 98.1 Å². The van der Waals surface area contributed by atoms with Gasteiger partial charge in [0.25, 0.3) is 5.91 Å². The van der Waals surface area contributed by atoms with Gasteiger partial charge in [-0.3, -0.25) is 9.59 Å². The lowest BCUT2D eigenvalue weighted by Crippen LogP contribution is -2.28. The van der Waals surface area contributed by atoms with Crippen molar-refractivity contribution < 1.29 is 14.3 Å². The molecular formula is C25H29N5O3S. The lowest BCUT2D eigenvalue weighted by molar-refractivity contribution is -0.113. The van der Waals surface area contributed by atoms with E-state index in [0.717, 1.165) is 16.8 Å². The van der Waals surface area contributed by atoms with Gasteiger partial charge in [0.2, 0.25) is 5.91 Å². The molecule has 0 aliphatic heterocycles. The molecule has 0 spiro atoms. The van der Waals surface area contributed by atoms with Gasteiger partial charge in [0.1, 0.15) is 5.75 Å². The van der Waals surface area contributed by atoms with E-state index in [1.54, 1.807) is 37.5 Å². The average molecular weight is 480 g/mol. The number of nitrogens with one attached hydrogen (secondary N) is 2. The first-order chi connectivity index (χ1) is 16.3. The number of nitrogens with zero attached hydrogens (tertiary/aromatic N) is 3.